The fourth-order valence-electron chi connectivity index (χ4n) is 2.49. The van der Waals surface area contributed by atoms with Gasteiger partial charge in [-0.15, -0.1) is 0 Å². The minimum absolute atomic E-state index is 0.0444. The molecule has 1 unspecified atom stereocenters. The molecule has 2 N–H and O–H groups in total. The van der Waals surface area contributed by atoms with Gasteiger partial charge in [-0.1, -0.05) is 12.2 Å². The molecule has 4 nitrogen and oxygen atoms in total. The number of rotatable bonds is 3. The Labute approximate surface area is 118 Å². The molecule has 0 spiro atoms. The third kappa shape index (κ3) is 1.81. The van der Waals surface area contributed by atoms with Crippen LogP contribution < -0.4 is 5.73 Å². The molecule has 1 fully saturated rings. The van der Waals surface area contributed by atoms with E-state index in [1.54, 1.807) is 0 Å². The van der Waals surface area contributed by atoms with Crippen molar-refractivity contribution < 1.29 is 18.4 Å². The van der Waals surface area contributed by atoms with Crippen molar-refractivity contribution in [2.75, 3.05) is 0 Å². The van der Waals surface area contributed by atoms with Gasteiger partial charge in [0.05, 0.1) is 22.2 Å². The number of benzene rings is 1. The highest BCUT2D eigenvalue weighted by atomic mass is 32.1. The number of thiocarbonyl (C=S) groups is 1. The maximum atomic E-state index is 13.2. The smallest absolute Gasteiger partial charge is 0.262 e. The number of nitrogens with two attached hydrogens (primary N) is 1. The van der Waals surface area contributed by atoms with Gasteiger partial charge in [-0.25, -0.2) is 8.78 Å². The first-order chi connectivity index (χ1) is 9.41. The lowest BCUT2D eigenvalue weighted by molar-refractivity contribution is 0.0613. The molecule has 1 saturated carbocycles. The van der Waals surface area contributed by atoms with Crippen LogP contribution in [0.1, 0.15) is 33.6 Å². The zero-order valence-corrected chi connectivity index (χ0v) is 11.0. The van der Waals surface area contributed by atoms with E-state index in [0.717, 1.165) is 29.9 Å². The molecule has 1 aliphatic carbocycles. The van der Waals surface area contributed by atoms with Crippen molar-refractivity contribution in [2.24, 2.45) is 11.7 Å². The lowest BCUT2D eigenvalue weighted by Crippen LogP contribution is -2.48. The summed E-state index contributed by atoms with van der Waals surface area (Å²) >= 11 is 4.92. The number of carbonyl (C=O) groups is 2. The zero-order chi connectivity index (χ0) is 14.6. The number of hydrogen-bond donors (Lipinski definition) is 1. The van der Waals surface area contributed by atoms with Crippen LogP contribution in [0.25, 0.3) is 0 Å². The van der Waals surface area contributed by atoms with Crippen molar-refractivity contribution in [3.8, 4) is 0 Å². The Hall–Kier alpha value is -1.89. The topological polar surface area (TPSA) is 63.4 Å². The molecule has 1 atom stereocenters. The van der Waals surface area contributed by atoms with E-state index in [0.29, 0.717) is 0 Å². The maximum Gasteiger partial charge on any atom is 0.262 e. The Balaban J connectivity index is 2.06. The molecular formula is C13H10F2N2O2S. The quantitative estimate of drug-likeness (QED) is 0.680. The summed E-state index contributed by atoms with van der Waals surface area (Å²) in [6, 6.07) is 0.812. The lowest BCUT2D eigenvalue weighted by Gasteiger charge is -2.24. The second-order valence-electron chi connectivity index (χ2n) is 4.98. The van der Waals surface area contributed by atoms with E-state index in [4.69, 9.17) is 18.0 Å². The Morgan fingerprint density at radius 3 is 2.00 bits per heavy atom. The normalized spacial score (nSPS) is 19.2. The van der Waals surface area contributed by atoms with Crippen LogP contribution in [0, 0.1) is 17.6 Å². The molecule has 2 amide bonds. The number of hydrogen-bond acceptors (Lipinski definition) is 3. The van der Waals surface area contributed by atoms with Gasteiger partial charge in [0.1, 0.15) is 0 Å². The van der Waals surface area contributed by atoms with Gasteiger partial charge in [0.2, 0.25) is 0 Å². The summed E-state index contributed by atoms with van der Waals surface area (Å²) in [5, 5.41) is 0. The fourth-order valence-corrected chi connectivity index (χ4v) is 2.79. The van der Waals surface area contributed by atoms with Gasteiger partial charge in [0.25, 0.3) is 11.8 Å². The van der Waals surface area contributed by atoms with E-state index in [1.165, 1.54) is 0 Å². The van der Waals surface area contributed by atoms with Crippen LogP contribution >= 0.6 is 12.2 Å². The molecule has 1 aromatic rings. The number of halogens is 2. The van der Waals surface area contributed by atoms with Crippen LogP contribution in [0.2, 0.25) is 0 Å². The average molecular weight is 296 g/mol. The first-order valence-electron chi connectivity index (χ1n) is 6.08. The predicted octanol–water partition coefficient (Wildman–Crippen LogP) is 1.63. The Bertz CT molecular complexity index is 617. The SMILES string of the molecule is NC(=S)C(C1CC1)N1C(=O)c2cc(F)c(F)cc2C1=O. The van der Waals surface area contributed by atoms with E-state index >= 15 is 0 Å². The summed E-state index contributed by atoms with van der Waals surface area (Å²) in [6.45, 7) is 0. The second kappa shape index (κ2) is 4.31. The van der Waals surface area contributed by atoms with Crippen LogP contribution in [-0.4, -0.2) is 27.7 Å². The maximum absolute atomic E-state index is 13.2. The molecule has 3 rings (SSSR count). The van der Waals surface area contributed by atoms with E-state index in [1.807, 2.05) is 0 Å². The molecule has 0 radical (unpaired) electrons. The van der Waals surface area contributed by atoms with E-state index in [2.05, 4.69) is 0 Å². The number of amides is 2. The number of fused-ring (bicyclic) bond motifs is 1. The largest absolute Gasteiger partial charge is 0.392 e. The van der Waals surface area contributed by atoms with E-state index in [9.17, 15) is 18.4 Å². The molecule has 0 aromatic heterocycles. The van der Waals surface area contributed by atoms with Crippen molar-refractivity contribution >= 4 is 29.0 Å². The summed E-state index contributed by atoms with van der Waals surface area (Å²) in [4.78, 5) is 25.5. The summed E-state index contributed by atoms with van der Waals surface area (Å²) in [5.41, 5.74) is 5.33. The average Bonchev–Trinajstić information content (AvgIpc) is 3.17. The van der Waals surface area contributed by atoms with Gasteiger partial charge in [-0.05, 0) is 30.9 Å². The Morgan fingerprint density at radius 2 is 1.65 bits per heavy atom. The molecule has 7 heteroatoms. The highest BCUT2D eigenvalue weighted by Crippen LogP contribution is 2.39. The third-order valence-electron chi connectivity index (χ3n) is 3.60. The Morgan fingerprint density at radius 1 is 1.20 bits per heavy atom. The minimum Gasteiger partial charge on any atom is -0.392 e. The molecule has 0 bridgehead atoms. The molecule has 0 saturated heterocycles. The standard InChI is InChI=1S/C13H10F2N2O2S/c14-8-3-6-7(4-9(8)15)13(19)17(12(6)18)10(11(16)20)5-1-2-5/h3-5,10H,1-2H2,(H2,16,20). The minimum atomic E-state index is -1.16. The van der Waals surface area contributed by atoms with Gasteiger partial charge in [-0.2, -0.15) is 0 Å². The summed E-state index contributed by atoms with van der Waals surface area (Å²) < 4.78 is 26.4. The highest BCUT2D eigenvalue weighted by molar-refractivity contribution is 7.80. The zero-order valence-electron chi connectivity index (χ0n) is 10.2. The van der Waals surface area contributed by atoms with Crippen molar-refractivity contribution in [1.29, 1.82) is 0 Å². The number of carbonyl (C=O) groups excluding carboxylic acids is 2. The van der Waals surface area contributed by atoms with Gasteiger partial charge in [0, 0.05) is 0 Å². The van der Waals surface area contributed by atoms with Crippen molar-refractivity contribution in [3.05, 3.63) is 34.9 Å². The summed E-state index contributed by atoms with van der Waals surface area (Å²) in [7, 11) is 0. The van der Waals surface area contributed by atoms with Gasteiger partial charge < -0.3 is 5.73 Å². The number of nitrogens with zero attached hydrogens (tertiary/aromatic N) is 1. The summed E-state index contributed by atoms with van der Waals surface area (Å²) in [6.07, 6.45) is 1.64. The van der Waals surface area contributed by atoms with Crippen LogP contribution in [0.4, 0.5) is 8.78 Å². The van der Waals surface area contributed by atoms with Crippen LogP contribution in [0.5, 0.6) is 0 Å². The number of imide groups is 1. The molecule has 1 heterocycles. The van der Waals surface area contributed by atoms with Crippen LogP contribution in [0.3, 0.4) is 0 Å². The van der Waals surface area contributed by atoms with Gasteiger partial charge in [0.15, 0.2) is 11.6 Å². The lowest BCUT2D eigenvalue weighted by atomic mass is 10.1. The van der Waals surface area contributed by atoms with E-state index < -0.39 is 29.5 Å². The van der Waals surface area contributed by atoms with E-state index in [-0.39, 0.29) is 22.0 Å². The van der Waals surface area contributed by atoms with Crippen molar-refractivity contribution in [3.63, 3.8) is 0 Å². The van der Waals surface area contributed by atoms with Crippen LogP contribution in [-0.2, 0) is 0 Å². The molecule has 1 aliphatic heterocycles. The summed E-state index contributed by atoms with van der Waals surface area (Å²) in [5.74, 6) is -3.62. The second-order valence-corrected chi connectivity index (χ2v) is 5.45. The molecule has 2 aliphatic rings. The third-order valence-corrected chi connectivity index (χ3v) is 3.84. The predicted molar refractivity (Wildman–Crippen MR) is 70.2 cm³/mol. The van der Waals surface area contributed by atoms with Gasteiger partial charge in [-0.3, -0.25) is 14.5 Å². The first kappa shape index (κ1) is 13.1. The molecule has 104 valence electrons. The molecule has 1 aromatic carbocycles. The van der Waals surface area contributed by atoms with Gasteiger partial charge >= 0.3 is 0 Å². The first-order valence-corrected chi connectivity index (χ1v) is 6.49. The molecule has 20 heavy (non-hydrogen) atoms. The highest BCUT2D eigenvalue weighted by Gasteiger charge is 2.47. The monoisotopic (exact) mass is 296 g/mol. The van der Waals surface area contributed by atoms with Crippen molar-refractivity contribution in [2.45, 2.75) is 18.9 Å². The van der Waals surface area contributed by atoms with Crippen LogP contribution in [0.15, 0.2) is 12.1 Å². The fraction of sp³-hybridized carbons (Fsp3) is 0.308. The van der Waals surface area contributed by atoms with Crippen molar-refractivity contribution in [1.82, 2.24) is 4.90 Å². The Kier molecular flexibility index (Phi) is 2.82. The molecular weight excluding hydrogens is 286 g/mol.